The maximum absolute atomic E-state index is 13.0. The van der Waals surface area contributed by atoms with Gasteiger partial charge in [0.2, 0.25) is 5.91 Å². The Morgan fingerprint density at radius 1 is 1.24 bits per heavy atom. The van der Waals surface area contributed by atoms with Crippen molar-refractivity contribution < 1.29 is 19.1 Å². The van der Waals surface area contributed by atoms with Gasteiger partial charge in [-0.1, -0.05) is 19.1 Å². The van der Waals surface area contributed by atoms with Crippen molar-refractivity contribution in [3.63, 3.8) is 0 Å². The van der Waals surface area contributed by atoms with Crippen molar-refractivity contribution in [3.05, 3.63) is 46.2 Å². The summed E-state index contributed by atoms with van der Waals surface area (Å²) in [6, 6.07) is 9.30. The predicted molar refractivity (Wildman–Crippen MR) is 113 cm³/mol. The molecule has 0 saturated carbocycles. The Morgan fingerprint density at radius 2 is 2.00 bits per heavy atom. The number of carbonyl (C=O) groups is 2. The highest BCUT2D eigenvalue weighted by Crippen LogP contribution is 2.37. The Hall–Kier alpha value is -2.87. The van der Waals surface area contributed by atoms with Crippen LogP contribution in [0.1, 0.15) is 36.2 Å². The minimum atomic E-state index is -0.274. The van der Waals surface area contributed by atoms with E-state index < -0.39 is 0 Å². The SMILES string of the molecule is CCC(=O)N(C)CC(=O)N1N=C(c2cccs2)C[C@@H]1c1ccc(OC)c(OC)c1. The molecule has 2 heterocycles. The molecule has 2 aromatic rings. The number of amides is 2. The van der Waals surface area contributed by atoms with Gasteiger partial charge in [-0.15, -0.1) is 11.3 Å². The summed E-state index contributed by atoms with van der Waals surface area (Å²) < 4.78 is 10.7. The number of rotatable bonds is 7. The van der Waals surface area contributed by atoms with Crippen LogP contribution in [-0.4, -0.2) is 55.2 Å². The quantitative estimate of drug-likeness (QED) is 0.696. The van der Waals surface area contributed by atoms with Gasteiger partial charge in [-0.05, 0) is 29.1 Å². The molecule has 7 nitrogen and oxygen atoms in total. The van der Waals surface area contributed by atoms with Crippen LogP contribution in [0.5, 0.6) is 11.5 Å². The zero-order valence-corrected chi connectivity index (χ0v) is 17.9. The molecule has 8 heteroatoms. The highest BCUT2D eigenvalue weighted by atomic mass is 32.1. The van der Waals surface area contributed by atoms with E-state index in [0.29, 0.717) is 24.3 Å². The van der Waals surface area contributed by atoms with E-state index >= 15 is 0 Å². The lowest BCUT2D eigenvalue weighted by atomic mass is 10.0. The van der Waals surface area contributed by atoms with Crippen LogP contribution in [-0.2, 0) is 9.59 Å². The largest absolute Gasteiger partial charge is 0.493 e. The molecule has 1 aromatic heterocycles. The van der Waals surface area contributed by atoms with E-state index in [1.165, 1.54) is 9.91 Å². The number of hydrogen-bond acceptors (Lipinski definition) is 6. The van der Waals surface area contributed by atoms with Crippen molar-refractivity contribution in [1.82, 2.24) is 9.91 Å². The van der Waals surface area contributed by atoms with Crippen LogP contribution in [0, 0.1) is 0 Å². The summed E-state index contributed by atoms with van der Waals surface area (Å²) in [6.07, 6.45) is 0.944. The zero-order valence-electron chi connectivity index (χ0n) is 17.0. The van der Waals surface area contributed by atoms with Crippen molar-refractivity contribution in [1.29, 1.82) is 0 Å². The lowest BCUT2D eigenvalue weighted by Gasteiger charge is -2.25. The van der Waals surface area contributed by atoms with Crippen molar-refractivity contribution in [2.75, 3.05) is 27.8 Å². The molecular formula is C21H25N3O4S. The van der Waals surface area contributed by atoms with Crippen LogP contribution in [0.15, 0.2) is 40.8 Å². The number of thiophene rings is 1. The summed E-state index contributed by atoms with van der Waals surface area (Å²) in [7, 11) is 4.80. The minimum absolute atomic E-state index is 0.0162. The summed E-state index contributed by atoms with van der Waals surface area (Å²) >= 11 is 1.59. The van der Waals surface area contributed by atoms with Crippen LogP contribution >= 0.6 is 11.3 Å². The molecule has 0 N–H and O–H groups in total. The third-order valence-electron chi connectivity index (χ3n) is 4.86. The number of nitrogens with zero attached hydrogens (tertiary/aromatic N) is 3. The smallest absolute Gasteiger partial charge is 0.262 e. The lowest BCUT2D eigenvalue weighted by Crippen LogP contribution is -2.39. The molecule has 29 heavy (non-hydrogen) atoms. The van der Waals surface area contributed by atoms with Crippen LogP contribution < -0.4 is 9.47 Å². The maximum Gasteiger partial charge on any atom is 0.262 e. The standard InChI is InChI=1S/C21H25N3O4S/c1-5-20(25)23(2)13-21(26)24-16(12-15(22-24)19-7-6-10-29-19)14-8-9-17(27-3)18(11-14)28-4/h6-11,16H,5,12-13H2,1-4H3/t16-/m1/s1. The summed E-state index contributed by atoms with van der Waals surface area (Å²) in [5, 5.41) is 8.11. The van der Waals surface area contributed by atoms with Crippen molar-refractivity contribution >= 4 is 28.9 Å². The summed E-state index contributed by atoms with van der Waals surface area (Å²) in [4.78, 5) is 27.4. The van der Waals surface area contributed by atoms with Crippen LogP contribution in [0.2, 0.25) is 0 Å². The number of benzene rings is 1. The minimum Gasteiger partial charge on any atom is -0.493 e. The van der Waals surface area contributed by atoms with Crippen LogP contribution in [0.25, 0.3) is 0 Å². The Balaban J connectivity index is 1.92. The highest BCUT2D eigenvalue weighted by molar-refractivity contribution is 7.12. The molecule has 0 spiro atoms. The predicted octanol–water partition coefficient (Wildman–Crippen LogP) is 3.31. The zero-order chi connectivity index (χ0) is 21.0. The molecule has 1 atom stereocenters. The summed E-state index contributed by atoms with van der Waals surface area (Å²) in [5.41, 5.74) is 1.76. The first-order chi connectivity index (χ1) is 14.0. The third-order valence-corrected chi connectivity index (χ3v) is 5.78. The number of carbonyl (C=O) groups excluding carboxylic acids is 2. The molecule has 0 unspecified atom stereocenters. The molecule has 1 aliphatic rings. The number of hydrogen-bond donors (Lipinski definition) is 0. The molecule has 0 radical (unpaired) electrons. The topological polar surface area (TPSA) is 71.4 Å². The fraction of sp³-hybridized carbons (Fsp3) is 0.381. The van der Waals surface area contributed by atoms with E-state index in [0.717, 1.165) is 16.2 Å². The van der Waals surface area contributed by atoms with Gasteiger partial charge >= 0.3 is 0 Å². The molecule has 0 aliphatic carbocycles. The number of likely N-dealkylation sites (N-methyl/N-ethyl adjacent to an activating group) is 1. The monoisotopic (exact) mass is 415 g/mol. The van der Waals surface area contributed by atoms with Gasteiger partial charge in [-0.2, -0.15) is 5.10 Å². The first-order valence-corrected chi connectivity index (χ1v) is 10.3. The van der Waals surface area contributed by atoms with Gasteiger partial charge in [0.15, 0.2) is 11.5 Å². The number of methoxy groups -OCH3 is 2. The van der Waals surface area contributed by atoms with E-state index in [-0.39, 0.29) is 24.4 Å². The second kappa shape index (κ2) is 9.09. The van der Waals surface area contributed by atoms with Gasteiger partial charge in [0.1, 0.15) is 6.54 Å². The molecule has 3 rings (SSSR count). The molecule has 0 bridgehead atoms. The highest BCUT2D eigenvalue weighted by Gasteiger charge is 2.34. The molecule has 1 aliphatic heterocycles. The van der Waals surface area contributed by atoms with Gasteiger partial charge in [0.25, 0.3) is 5.91 Å². The Labute approximate surface area is 174 Å². The van der Waals surface area contributed by atoms with Crippen LogP contribution in [0.3, 0.4) is 0 Å². The first kappa shape index (κ1) is 20.9. The van der Waals surface area contributed by atoms with Gasteiger partial charge in [-0.25, -0.2) is 5.01 Å². The van der Waals surface area contributed by atoms with Gasteiger partial charge in [-0.3, -0.25) is 9.59 Å². The van der Waals surface area contributed by atoms with Gasteiger partial charge < -0.3 is 14.4 Å². The first-order valence-electron chi connectivity index (χ1n) is 9.37. The Kier molecular flexibility index (Phi) is 6.53. The van der Waals surface area contributed by atoms with Gasteiger partial charge in [0.05, 0.1) is 30.9 Å². The van der Waals surface area contributed by atoms with E-state index in [1.54, 1.807) is 39.5 Å². The van der Waals surface area contributed by atoms with E-state index in [1.807, 2.05) is 35.7 Å². The molecule has 0 saturated heterocycles. The second-order valence-corrected chi connectivity index (χ2v) is 7.65. The van der Waals surface area contributed by atoms with E-state index in [4.69, 9.17) is 9.47 Å². The van der Waals surface area contributed by atoms with E-state index in [9.17, 15) is 9.59 Å². The van der Waals surface area contributed by atoms with E-state index in [2.05, 4.69) is 5.10 Å². The normalized spacial score (nSPS) is 15.8. The second-order valence-electron chi connectivity index (χ2n) is 6.70. The molecule has 0 fully saturated rings. The van der Waals surface area contributed by atoms with Crippen LogP contribution in [0.4, 0.5) is 0 Å². The van der Waals surface area contributed by atoms with Gasteiger partial charge in [0, 0.05) is 19.9 Å². The third kappa shape index (κ3) is 4.42. The fourth-order valence-electron chi connectivity index (χ4n) is 3.28. The molecule has 1 aromatic carbocycles. The Bertz CT molecular complexity index is 911. The number of ether oxygens (including phenoxy) is 2. The summed E-state index contributed by atoms with van der Waals surface area (Å²) in [5.74, 6) is 0.920. The molecular weight excluding hydrogens is 390 g/mol. The maximum atomic E-state index is 13.0. The lowest BCUT2D eigenvalue weighted by molar-refractivity contribution is -0.140. The fourth-order valence-corrected chi connectivity index (χ4v) is 4.01. The number of hydrazone groups is 1. The Morgan fingerprint density at radius 3 is 2.62 bits per heavy atom. The summed E-state index contributed by atoms with van der Waals surface area (Å²) in [6.45, 7) is 1.76. The average molecular weight is 416 g/mol. The van der Waals surface area contributed by atoms with Crippen molar-refractivity contribution in [3.8, 4) is 11.5 Å². The molecule has 154 valence electrons. The average Bonchev–Trinajstić information content (AvgIpc) is 3.42. The molecule has 2 amide bonds. The van der Waals surface area contributed by atoms with Crippen molar-refractivity contribution in [2.24, 2.45) is 5.10 Å². The van der Waals surface area contributed by atoms with Crippen molar-refractivity contribution in [2.45, 2.75) is 25.8 Å².